The van der Waals surface area contributed by atoms with Crippen LogP contribution in [0.25, 0.3) is 0 Å². The second-order valence-electron chi connectivity index (χ2n) is 3.17. The van der Waals surface area contributed by atoms with Crippen molar-refractivity contribution in [3.63, 3.8) is 0 Å². The molecule has 0 saturated carbocycles. The Morgan fingerprint density at radius 2 is 2.00 bits per heavy atom. The molecule has 0 unspecified atom stereocenters. The lowest BCUT2D eigenvalue weighted by molar-refractivity contribution is 0.434. The fourth-order valence-corrected chi connectivity index (χ4v) is 2.38. The molecule has 0 saturated heterocycles. The van der Waals surface area contributed by atoms with Gasteiger partial charge in [0.15, 0.2) is 9.76 Å². The van der Waals surface area contributed by atoms with Crippen molar-refractivity contribution in [2.45, 2.75) is 32.2 Å². The van der Waals surface area contributed by atoms with Gasteiger partial charge in [0, 0.05) is 0 Å². The fourth-order valence-electron chi connectivity index (χ4n) is 0.332. The lowest BCUT2D eigenvalue weighted by atomic mass is 10.1. The van der Waals surface area contributed by atoms with Crippen LogP contribution in [0, 0.1) is 0 Å². The maximum absolute atomic E-state index is 11.8. The van der Waals surface area contributed by atoms with Gasteiger partial charge in [-0.2, -0.15) is 8.42 Å². The number of halogens is 1. The molecule has 0 rings (SSSR count). The van der Waals surface area contributed by atoms with Gasteiger partial charge in [0.2, 0.25) is 0 Å². The Bertz CT molecular complexity index is 212. The van der Waals surface area contributed by atoms with Crippen molar-refractivity contribution in [2.24, 2.45) is 0 Å². The summed E-state index contributed by atoms with van der Waals surface area (Å²) >= 11 is 0. The van der Waals surface area contributed by atoms with Crippen LogP contribution >= 0.6 is 0 Å². The number of hydrogen-bond acceptors (Lipinski definition) is 3. The van der Waals surface area contributed by atoms with Gasteiger partial charge in [-0.3, -0.25) is 3.87 Å². The van der Waals surface area contributed by atoms with E-state index in [1.165, 1.54) is 0 Å². The highest BCUT2D eigenvalue weighted by atomic mass is 32.3. The summed E-state index contributed by atoms with van der Waals surface area (Å²) in [5.74, 6) is 0. The Morgan fingerprint density at radius 1 is 1.55 bits per heavy atom. The molecule has 0 fully saturated rings. The Hall–Kier alpha value is 0.0569. The van der Waals surface area contributed by atoms with E-state index in [-0.39, 0.29) is 5.04 Å². The van der Waals surface area contributed by atoms with E-state index in [9.17, 15) is 12.3 Å². The van der Waals surface area contributed by atoms with Crippen LogP contribution in [-0.4, -0.2) is 18.2 Å². The van der Waals surface area contributed by atoms with Gasteiger partial charge in [0.25, 0.3) is 0 Å². The first-order valence-electron chi connectivity index (χ1n) is 3.36. The molecule has 0 aromatic carbocycles. The van der Waals surface area contributed by atoms with E-state index in [1.54, 1.807) is 0 Å². The molecule has 3 nitrogen and oxygen atoms in total. The highest BCUT2D eigenvalue weighted by Gasteiger charge is 2.20. The van der Waals surface area contributed by atoms with Gasteiger partial charge in [-0.15, -0.1) is 0 Å². The highest BCUT2D eigenvalue weighted by Crippen LogP contribution is 2.27. The summed E-state index contributed by atoms with van der Waals surface area (Å²) in [5.41, 5.74) is 0. The van der Waals surface area contributed by atoms with Crippen LogP contribution in [0.4, 0.5) is 3.89 Å². The van der Waals surface area contributed by atoms with E-state index >= 15 is 0 Å². The Kier molecular flexibility index (Phi) is 3.66. The summed E-state index contributed by atoms with van der Waals surface area (Å²) in [6.07, 6.45) is 0.800. The van der Waals surface area contributed by atoms with Gasteiger partial charge < -0.3 is 0 Å². The summed E-state index contributed by atoms with van der Waals surface area (Å²) in [6, 6.07) is 0. The lowest BCUT2D eigenvalue weighted by Crippen LogP contribution is -2.17. The quantitative estimate of drug-likeness (QED) is 0.500. The minimum absolute atomic E-state index is 0.154. The molecule has 68 valence electrons. The Balaban J connectivity index is 3.90. The van der Waals surface area contributed by atoms with Gasteiger partial charge in [0.1, 0.15) is 0 Å². The summed E-state index contributed by atoms with van der Waals surface area (Å²) < 4.78 is 35.8. The van der Waals surface area contributed by atoms with Gasteiger partial charge in [-0.1, -0.05) is 31.1 Å². The highest BCUT2D eigenvalue weighted by molar-refractivity contribution is 7.82. The smallest absolute Gasteiger partial charge is 0.298 e. The van der Waals surface area contributed by atoms with Gasteiger partial charge in [-0.25, -0.2) is 0 Å². The number of rotatable bonds is 4. The van der Waals surface area contributed by atoms with E-state index < -0.39 is 20.3 Å². The van der Waals surface area contributed by atoms with Crippen molar-refractivity contribution < 1.29 is 16.2 Å². The van der Waals surface area contributed by atoms with Crippen LogP contribution in [0.1, 0.15) is 27.2 Å². The van der Waals surface area contributed by atoms with Gasteiger partial charge in [-0.05, 0) is 5.04 Å². The molecule has 0 atom stereocenters. The van der Waals surface area contributed by atoms with Gasteiger partial charge >= 0.3 is 10.5 Å². The van der Waals surface area contributed by atoms with E-state index in [2.05, 4.69) is 3.87 Å². The molecule has 11 heavy (non-hydrogen) atoms. The molecule has 0 aliphatic carbocycles. The van der Waals surface area contributed by atoms with Crippen molar-refractivity contribution in [3.8, 4) is 0 Å². The second kappa shape index (κ2) is 3.64. The van der Waals surface area contributed by atoms with Crippen molar-refractivity contribution in [1.82, 2.24) is 0 Å². The van der Waals surface area contributed by atoms with E-state index in [0.717, 1.165) is 6.42 Å². The van der Waals surface area contributed by atoms with Crippen molar-refractivity contribution in [2.75, 3.05) is 0 Å². The molecule has 0 radical (unpaired) electrons. The van der Waals surface area contributed by atoms with Crippen LogP contribution in [0.3, 0.4) is 0 Å². The molecule has 0 aromatic rings. The number of hydrogen-bond donors (Lipinski definition) is 0. The molecule has 0 N–H and O–H groups in total. The third-order valence-corrected chi connectivity index (χ3v) is 4.43. The van der Waals surface area contributed by atoms with Crippen LogP contribution in [-0.2, 0) is 14.4 Å². The van der Waals surface area contributed by atoms with Crippen LogP contribution in [0.5, 0.6) is 0 Å². The zero-order valence-electron chi connectivity index (χ0n) is 6.93. The molecule has 0 amide bonds. The second-order valence-corrected chi connectivity index (χ2v) is 7.10. The molecule has 0 aromatic heterocycles. The minimum Gasteiger partial charge on any atom is -0.298 e. The maximum atomic E-state index is 11.8. The predicted molar refractivity (Wildman–Crippen MR) is 44.0 cm³/mol. The third-order valence-electron chi connectivity index (χ3n) is 1.55. The summed E-state index contributed by atoms with van der Waals surface area (Å²) in [5, 5.41) is -0.154. The first-order chi connectivity index (χ1) is 4.77. The zero-order valence-corrected chi connectivity index (χ0v) is 9.16. The van der Waals surface area contributed by atoms with E-state index in [1.807, 2.05) is 20.8 Å². The van der Waals surface area contributed by atoms with Gasteiger partial charge in [0.05, 0.1) is 0 Å². The average molecular weight is 200 g/mol. The maximum Gasteiger partial charge on any atom is 0.427 e. The van der Waals surface area contributed by atoms with Crippen LogP contribution in [0.2, 0.25) is 5.04 Å². The lowest BCUT2D eigenvalue weighted by Gasteiger charge is -2.19. The van der Waals surface area contributed by atoms with E-state index in [4.69, 9.17) is 0 Å². The SMILES string of the molecule is CCC(C)(C)[SiH2]OS(=O)(=O)F. The summed E-state index contributed by atoms with van der Waals surface area (Å²) in [7, 11) is -6.03. The van der Waals surface area contributed by atoms with E-state index in [0.29, 0.717) is 0 Å². The molecule has 0 aliphatic heterocycles. The largest absolute Gasteiger partial charge is 0.427 e. The minimum atomic E-state index is -4.71. The molecule has 0 aliphatic rings. The normalized spacial score (nSPS) is 14.5. The zero-order chi connectivity index (χ0) is 9.12. The monoisotopic (exact) mass is 200 g/mol. The van der Waals surface area contributed by atoms with Crippen molar-refractivity contribution in [3.05, 3.63) is 0 Å². The Morgan fingerprint density at radius 3 is 2.27 bits per heavy atom. The topological polar surface area (TPSA) is 43.4 Å². The molecule has 0 heterocycles. The first-order valence-corrected chi connectivity index (χ1v) is 5.95. The Labute approximate surface area is 69.3 Å². The fraction of sp³-hybridized carbons (Fsp3) is 1.00. The van der Waals surface area contributed by atoms with Crippen LogP contribution < -0.4 is 0 Å². The summed E-state index contributed by atoms with van der Waals surface area (Å²) in [4.78, 5) is 0. The predicted octanol–water partition coefficient (Wildman–Crippen LogP) is 0.910. The van der Waals surface area contributed by atoms with Crippen molar-refractivity contribution >= 4 is 20.3 Å². The molecule has 6 heteroatoms. The third kappa shape index (κ3) is 6.45. The average Bonchev–Trinajstić information content (AvgIpc) is 1.83. The standard InChI is InChI=1S/C5H13FO3SSi/c1-4-5(2,3)11-9-10(6,7)8/h4,11H2,1-3H3. The molecule has 0 bridgehead atoms. The van der Waals surface area contributed by atoms with Crippen LogP contribution in [0.15, 0.2) is 0 Å². The first kappa shape index (κ1) is 11.1. The molecule has 0 spiro atoms. The molecular formula is C5H13FO3SSi. The summed E-state index contributed by atoms with van der Waals surface area (Å²) in [6.45, 7) is 5.65. The molecular weight excluding hydrogens is 187 g/mol. The van der Waals surface area contributed by atoms with Crippen molar-refractivity contribution in [1.29, 1.82) is 0 Å².